The van der Waals surface area contributed by atoms with E-state index in [9.17, 15) is 16.8 Å². The Morgan fingerprint density at radius 3 is 2.70 bits per heavy atom. The molecular weight excluding hydrogens is 382 g/mol. The van der Waals surface area contributed by atoms with Crippen LogP contribution >= 0.6 is 23.4 Å². The van der Waals surface area contributed by atoms with Crippen LogP contribution < -0.4 is 10.5 Å². The van der Waals surface area contributed by atoms with Crippen LogP contribution in [0.4, 0.5) is 5.69 Å². The number of sulfonamides is 2. The molecule has 0 saturated heterocycles. The van der Waals surface area contributed by atoms with Crippen molar-refractivity contribution in [2.45, 2.75) is 16.7 Å². The topological polar surface area (TPSA) is 119 Å². The maximum atomic E-state index is 12.2. The van der Waals surface area contributed by atoms with Gasteiger partial charge in [-0.25, -0.2) is 13.6 Å². The third-order valence-electron chi connectivity index (χ3n) is 2.72. The highest BCUT2D eigenvalue weighted by Gasteiger charge is 2.28. The molecule has 0 atom stereocenters. The number of hydrogen-bond acceptors (Lipinski definition) is 6. The second-order valence-corrected chi connectivity index (χ2v) is 9.41. The van der Waals surface area contributed by atoms with Crippen molar-refractivity contribution in [2.75, 3.05) is 16.8 Å². The van der Waals surface area contributed by atoms with Crippen molar-refractivity contribution in [1.29, 1.82) is 0 Å². The normalized spacial score (nSPS) is 16.2. The minimum absolute atomic E-state index is 0.162. The van der Waals surface area contributed by atoms with E-state index in [2.05, 4.69) is 16.3 Å². The van der Waals surface area contributed by atoms with Gasteiger partial charge in [-0.15, -0.1) is 16.2 Å². The maximum Gasteiger partial charge on any atom is 0.286 e. The number of fused-ring (bicyclic) bond motifs is 1. The van der Waals surface area contributed by atoms with Gasteiger partial charge in [-0.05, 0) is 19.1 Å². The lowest BCUT2D eigenvalue weighted by atomic mass is 10.3. The molecule has 0 aromatic heterocycles. The quantitative estimate of drug-likeness (QED) is 0.734. The molecule has 23 heavy (non-hydrogen) atoms. The second kappa shape index (κ2) is 6.44. The summed E-state index contributed by atoms with van der Waals surface area (Å²) in [5.74, 6) is 1.24. The monoisotopic (exact) mass is 395 g/mol. The molecule has 0 spiro atoms. The minimum Gasteiger partial charge on any atom is -0.341 e. The van der Waals surface area contributed by atoms with E-state index in [1.165, 1.54) is 17.8 Å². The molecule has 0 amide bonds. The van der Waals surface area contributed by atoms with Crippen molar-refractivity contribution in [3.8, 4) is 0 Å². The van der Waals surface area contributed by atoms with Gasteiger partial charge >= 0.3 is 0 Å². The fourth-order valence-electron chi connectivity index (χ4n) is 1.82. The molecule has 1 heterocycles. The summed E-state index contributed by atoms with van der Waals surface area (Å²) in [6, 6.07) is 2.13. The Balaban J connectivity index is 2.41. The van der Waals surface area contributed by atoms with E-state index in [0.29, 0.717) is 11.5 Å². The second-order valence-electron chi connectivity index (χ2n) is 4.91. The molecule has 0 bridgehead atoms. The van der Waals surface area contributed by atoms with Gasteiger partial charge in [-0.3, -0.25) is 0 Å². The van der Waals surface area contributed by atoms with Crippen LogP contribution in [0.15, 0.2) is 38.5 Å². The van der Waals surface area contributed by atoms with Gasteiger partial charge in [0.2, 0.25) is 10.0 Å². The molecule has 1 aliphatic rings. The van der Waals surface area contributed by atoms with Crippen LogP contribution in [-0.4, -0.2) is 34.2 Å². The van der Waals surface area contributed by atoms with Crippen molar-refractivity contribution in [2.24, 2.45) is 9.54 Å². The number of hydrogen-bond donors (Lipinski definition) is 2. The average molecular weight is 396 g/mol. The lowest BCUT2D eigenvalue weighted by Crippen LogP contribution is -2.24. The summed E-state index contributed by atoms with van der Waals surface area (Å²) in [5, 5.41) is 7.71. The number of nitrogens with zero attached hydrogens (tertiary/aromatic N) is 1. The fourth-order valence-corrected chi connectivity index (χ4v) is 5.01. The van der Waals surface area contributed by atoms with E-state index >= 15 is 0 Å². The third-order valence-corrected chi connectivity index (χ3v) is 6.62. The highest BCUT2D eigenvalue weighted by atomic mass is 35.5. The lowest BCUT2D eigenvalue weighted by molar-refractivity contribution is 0.596. The van der Waals surface area contributed by atoms with E-state index in [1.54, 1.807) is 0 Å². The van der Waals surface area contributed by atoms with E-state index < -0.39 is 24.9 Å². The molecule has 3 N–H and O–H groups in total. The van der Waals surface area contributed by atoms with Crippen molar-refractivity contribution >= 4 is 54.9 Å². The number of rotatable bonds is 5. The van der Waals surface area contributed by atoms with E-state index in [1.807, 2.05) is 6.92 Å². The first-order valence-corrected chi connectivity index (χ1v) is 10.7. The number of thioether (sulfide) groups is 1. The molecule has 1 aromatic rings. The Bertz CT molecular complexity index is 908. The number of nitrogens with two attached hydrogens (primary N) is 1. The number of nitrogens with one attached hydrogen (secondary N) is 1. The first kappa shape index (κ1) is 18.3. The maximum absolute atomic E-state index is 12.2. The van der Waals surface area contributed by atoms with Crippen LogP contribution in [0.1, 0.15) is 6.92 Å². The molecule has 0 unspecified atom stereocenters. The Labute approximate surface area is 144 Å². The highest BCUT2D eigenvalue weighted by molar-refractivity contribution is 8.00. The summed E-state index contributed by atoms with van der Waals surface area (Å²) in [4.78, 5) is -0.738. The molecule has 11 heteroatoms. The number of primary sulfonamides is 1. The smallest absolute Gasteiger partial charge is 0.286 e. The Kier molecular flexibility index (Phi) is 5.12. The summed E-state index contributed by atoms with van der Waals surface area (Å²) >= 11 is 7.33. The fraction of sp³-hybridized carbons (Fsp3) is 0.250. The largest absolute Gasteiger partial charge is 0.341 e. The van der Waals surface area contributed by atoms with Gasteiger partial charge in [0, 0.05) is 5.75 Å². The summed E-state index contributed by atoms with van der Waals surface area (Å²) < 4.78 is 51.0. The van der Waals surface area contributed by atoms with E-state index in [4.69, 9.17) is 16.7 Å². The molecule has 2 rings (SSSR count). The predicted molar refractivity (Wildman–Crippen MR) is 93.2 cm³/mol. The Hall–Kier alpha value is -1.07. The molecule has 0 saturated carbocycles. The predicted octanol–water partition coefficient (Wildman–Crippen LogP) is 1.81. The van der Waals surface area contributed by atoms with Crippen molar-refractivity contribution in [3.63, 3.8) is 0 Å². The zero-order chi connectivity index (χ0) is 17.4. The number of halogens is 1. The van der Waals surface area contributed by atoms with Gasteiger partial charge < -0.3 is 5.32 Å². The molecule has 7 nitrogen and oxygen atoms in total. The minimum atomic E-state index is -4.14. The van der Waals surface area contributed by atoms with Crippen LogP contribution in [0, 0.1) is 0 Å². The van der Waals surface area contributed by atoms with Gasteiger partial charge in [0.05, 0.1) is 16.5 Å². The zero-order valence-corrected chi connectivity index (χ0v) is 15.2. The van der Waals surface area contributed by atoms with Crippen molar-refractivity contribution in [1.82, 2.24) is 0 Å². The summed E-state index contributed by atoms with van der Waals surface area (Å²) in [6.07, 6.45) is 0. The first-order chi connectivity index (χ1) is 10.5. The Morgan fingerprint density at radius 1 is 1.48 bits per heavy atom. The molecule has 0 radical (unpaired) electrons. The summed E-state index contributed by atoms with van der Waals surface area (Å²) in [7, 11) is -8.17. The van der Waals surface area contributed by atoms with Crippen molar-refractivity contribution < 1.29 is 16.8 Å². The highest BCUT2D eigenvalue weighted by Crippen LogP contribution is 2.34. The van der Waals surface area contributed by atoms with Crippen LogP contribution in [0.2, 0.25) is 5.02 Å². The number of amidine groups is 1. The molecule has 1 aliphatic heterocycles. The lowest BCUT2D eigenvalue weighted by Gasteiger charge is -2.19. The van der Waals surface area contributed by atoms with Gasteiger partial charge in [-0.1, -0.05) is 23.8 Å². The van der Waals surface area contributed by atoms with E-state index in [-0.39, 0.29) is 21.4 Å². The van der Waals surface area contributed by atoms with Crippen molar-refractivity contribution in [3.05, 3.63) is 29.3 Å². The van der Waals surface area contributed by atoms with Gasteiger partial charge in [0.25, 0.3) is 10.0 Å². The SMILES string of the molecule is C=C(C)CSCC1=NS(=O)(=O)c2cc(S(N)(=O)=O)c(Cl)cc2N1. The van der Waals surface area contributed by atoms with Gasteiger partial charge in [-0.2, -0.15) is 8.42 Å². The summed E-state index contributed by atoms with van der Waals surface area (Å²) in [6.45, 7) is 5.63. The number of benzene rings is 1. The van der Waals surface area contributed by atoms with Crippen LogP contribution in [-0.2, 0) is 20.0 Å². The van der Waals surface area contributed by atoms with Crippen LogP contribution in [0.5, 0.6) is 0 Å². The Morgan fingerprint density at radius 2 is 2.13 bits per heavy atom. The molecule has 0 fully saturated rings. The first-order valence-electron chi connectivity index (χ1n) is 6.20. The van der Waals surface area contributed by atoms with Gasteiger partial charge in [0.1, 0.15) is 15.6 Å². The van der Waals surface area contributed by atoms with Crippen LogP contribution in [0.3, 0.4) is 0 Å². The molecule has 1 aromatic carbocycles. The third kappa shape index (κ3) is 4.27. The molecule has 0 aliphatic carbocycles. The zero-order valence-electron chi connectivity index (χ0n) is 12.0. The standard InChI is InChI=1S/C12H14ClN3O4S3/c1-7(2)5-21-6-12-15-9-3-8(13)10(22(14,17)18)4-11(9)23(19,20)16-12/h3-4H,1,5-6H2,2H3,(H,15,16)(H2,14,17,18). The summed E-state index contributed by atoms with van der Waals surface area (Å²) in [5.41, 5.74) is 1.12. The van der Waals surface area contributed by atoms with E-state index in [0.717, 1.165) is 11.6 Å². The average Bonchev–Trinajstić information content (AvgIpc) is 2.34. The molecular formula is C12H14ClN3O4S3. The molecule has 126 valence electrons. The van der Waals surface area contributed by atoms with Gasteiger partial charge in [0.15, 0.2) is 0 Å². The number of anilines is 1. The van der Waals surface area contributed by atoms with Crippen LogP contribution in [0.25, 0.3) is 0 Å².